The van der Waals surface area contributed by atoms with Crippen molar-refractivity contribution < 1.29 is 9.53 Å². The van der Waals surface area contributed by atoms with Crippen molar-refractivity contribution in [1.29, 1.82) is 0 Å². The van der Waals surface area contributed by atoms with Crippen molar-refractivity contribution in [3.8, 4) is 0 Å². The van der Waals surface area contributed by atoms with Crippen LogP contribution in [0.15, 0.2) is 12.0 Å². The molecule has 0 amide bonds. The first-order valence-corrected chi connectivity index (χ1v) is 3.18. The van der Waals surface area contributed by atoms with Gasteiger partial charge in [0.25, 0.3) is 0 Å². The number of carbonyl (C=O) groups is 1. The quantitative estimate of drug-likeness (QED) is 0.329. The van der Waals surface area contributed by atoms with Crippen LogP contribution in [0.25, 0.3) is 0 Å². The number of esters is 1. The summed E-state index contributed by atoms with van der Waals surface area (Å²) in [5.41, 5.74) is 0. The van der Waals surface area contributed by atoms with Crippen LogP contribution >= 0.6 is 11.8 Å². The molecule has 8 heavy (non-hydrogen) atoms. The maximum atomic E-state index is 10.0. The second-order valence-corrected chi connectivity index (χ2v) is 1.99. The van der Waals surface area contributed by atoms with Gasteiger partial charge in [-0.1, -0.05) is 18.3 Å². The Morgan fingerprint density at radius 2 is 2.62 bits per heavy atom. The van der Waals surface area contributed by atoms with Crippen LogP contribution < -0.4 is 0 Å². The van der Waals surface area contributed by atoms with Crippen molar-refractivity contribution in [2.75, 3.05) is 5.94 Å². The van der Waals surface area contributed by atoms with Gasteiger partial charge in [0.1, 0.15) is 5.94 Å². The van der Waals surface area contributed by atoms with Gasteiger partial charge in [0, 0.05) is 6.92 Å². The molecule has 0 N–H and O–H groups in total. The van der Waals surface area contributed by atoms with E-state index < -0.39 is 0 Å². The zero-order valence-corrected chi connectivity index (χ0v) is 5.53. The highest BCUT2D eigenvalue weighted by Gasteiger charge is 1.86. The van der Waals surface area contributed by atoms with E-state index >= 15 is 0 Å². The zero-order chi connectivity index (χ0) is 6.41. The number of thioether (sulfide) groups is 1. The topological polar surface area (TPSA) is 26.3 Å². The molecule has 0 rings (SSSR count). The van der Waals surface area contributed by atoms with Crippen LogP contribution in [0.2, 0.25) is 0 Å². The largest absolute Gasteiger partial charge is 0.454 e. The van der Waals surface area contributed by atoms with Crippen molar-refractivity contribution in [2.45, 2.75) is 6.92 Å². The summed E-state index contributed by atoms with van der Waals surface area (Å²) in [6, 6.07) is 0. The Kier molecular flexibility index (Phi) is 4.45. The maximum Gasteiger partial charge on any atom is 0.303 e. The SMILES string of the molecule is C=CSCOC(C)=O. The Morgan fingerprint density at radius 3 is 3.00 bits per heavy atom. The smallest absolute Gasteiger partial charge is 0.303 e. The fraction of sp³-hybridized carbons (Fsp3) is 0.400. The predicted octanol–water partition coefficient (Wildman–Crippen LogP) is 1.38. The second kappa shape index (κ2) is 4.71. The lowest BCUT2D eigenvalue weighted by atomic mass is 10.8. The van der Waals surface area contributed by atoms with Crippen LogP contribution in [-0.2, 0) is 9.53 Å². The third-order valence-electron chi connectivity index (χ3n) is 0.448. The van der Waals surface area contributed by atoms with Crippen LogP contribution in [0.3, 0.4) is 0 Å². The van der Waals surface area contributed by atoms with Gasteiger partial charge >= 0.3 is 5.97 Å². The molecular formula is C5H8O2S. The highest BCUT2D eigenvalue weighted by atomic mass is 32.2. The summed E-state index contributed by atoms with van der Waals surface area (Å²) in [7, 11) is 0. The number of carbonyl (C=O) groups excluding carboxylic acids is 1. The summed E-state index contributed by atoms with van der Waals surface area (Å²) in [4.78, 5) is 10.0. The minimum absolute atomic E-state index is 0.251. The second-order valence-electron chi connectivity index (χ2n) is 1.09. The van der Waals surface area contributed by atoms with E-state index in [1.54, 1.807) is 5.41 Å². The first kappa shape index (κ1) is 7.56. The van der Waals surface area contributed by atoms with E-state index in [1.807, 2.05) is 0 Å². The zero-order valence-electron chi connectivity index (χ0n) is 4.72. The van der Waals surface area contributed by atoms with E-state index in [2.05, 4.69) is 11.3 Å². The molecule has 0 aromatic carbocycles. The lowest BCUT2D eigenvalue weighted by molar-refractivity contribution is -0.138. The summed E-state index contributed by atoms with van der Waals surface area (Å²) < 4.78 is 4.54. The van der Waals surface area contributed by atoms with Crippen molar-refractivity contribution in [3.05, 3.63) is 12.0 Å². The minimum atomic E-state index is -0.251. The van der Waals surface area contributed by atoms with Gasteiger partial charge in [-0.2, -0.15) is 0 Å². The molecule has 0 heterocycles. The minimum Gasteiger partial charge on any atom is -0.454 e. The normalized spacial score (nSPS) is 8.12. The summed E-state index contributed by atoms with van der Waals surface area (Å²) in [6.07, 6.45) is 0. The predicted molar refractivity (Wildman–Crippen MR) is 34.4 cm³/mol. The highest BCUT2D eigenvalue weighted by Crippen LogP contribution is 1.98. The fourth-order valence-corrected chi connectivity index (χ4v) is 0.495. The summed E-state index contributed by atoms with van der Waals surface area (Å²) in [5.74, 6) is 0.123. The molecule has 2 nitrogen and oxygen atoms in total. The number of hydrogen-bond donors (Lipinski definition) is 0. The fourth-order valence-electron chi connectivity index (χ4n) is 0.165. The summed E-state index contributed by atoms with van der Waals surface area (Å²) in [6.45, 7) is 4.81. The van der Waals surface area contributed by atoms with Gasteiger partial charge in [-0.05, 0) is 5.41 Å². The average Bonchev–Trinajstić information content (AvgIpc) is 1.66. The standard InChI is InChI=1S/C5H8O2S/c1-3-8-4-7-5(2)6/h3H,1,4H2,2H3. The van der Waals surface area contributed by atoms with E-state index in [0.717, 1.165) is 0 Å². The van der Waals surface area contributed by atoms with E-state index in [1.165, 1.54) is 18.7 Å². The first-order valence-electron chi connectivity index (χ1n) is 2.13. The van der Waals surface area contributed by atoms with Gasteiger partial charge in [-0.25, -0.2) is 0 Å². The molecule has 0 aliphatic heterocycles. The molecule has 0 saturated carbocycles. The van der Waals surface area contributed by atoms with Crippen molar-refractivity contribution in [2.24, 2.45) is 0 Å². The molecule has 0 spiro atoms. The highest BCUT2D eigenvalue weighted by molar-refractivity contribution is 8.01. The van der Waals surface area contributed by atoms with Crippen LogP contribution in [0.4, 0.5) is 0 Å². The van der Waals surface area contributed by atoms with Crippen LogP contribution in [0.5, 0.6) is 0 Å². The molecule has 0 radical (unpaired) electrons. The third kappa shape index (κ3) is 5.56. The van der Waals surface area contributed by atoms with Crippen LogP contribution in [0, 0.1) is 0 Å². The third-order valence-corrected chi connectivity index (χ3v) is 0.938. The molecule has 0 aliphatic rings. The number of rotatable bonds is 3. The van der Waals surface area contributed by atoms with Crippen LogP contribution in [-0.4, -0.2) is 11.9 Å². The Morgan fingerprint density at radius 1 is 2.00 bits per heavy atom. The molecule has 3 heteroatoms. The Hall–Kier alpha value is -0.440. The van der Waals surface area contributed by atoms with E-state index in [9.17, 15) is 4.79 Å². The molecule has 0 fully saturated rings. The Balaban J connectivity index is 2.93. The Bertz CT molecular complexity index is 90.4. The van der Waals surface area contributed by atoms with Gasteiger partial charge in [0.2, 0.25) is 0 Å². The molecular weight excluding hydrogens is 124 g/mol. The van der Waals surface area contributed by atoms with Gasteiger partial charge in [-0.15, -0.1) is 0 Å². The van der Waals surface area contributed by atoms with E-state index in [4.69, 9.17) is 0 Å². The average molecular weight is 132 g/mol. The summed E-state index contributed by atoms with van der Waals surface area (Å²) in [5, 5.41) is 1.63. The monoisotopic (exact) mass is 132 g/mol. The molecule has 0 unspecified atom stereocenters. The maximum absolute atomic E-state index is 10.0. The molecule has 0 saturated heterocycles. The van der Waals surface area contributed by atoms with Crippen molar-refractivity contribution >= 4 is 17.7 Å². The lowest BCUT2D eigenvalue weighted by Crippen LogP contribution is -1.95. The van der Waals surface area contributed by atoms with Gasteiger partial charge in [0.15, 0.2) is 0 Å². The summed E-state index contributed by atoms with van der Waals surface area (Å²) >= 11 is 1.36. The number of hydrogen-bond acceptors (Lipinski definition) is 3. The first-order chi connectivity index (χ1) is 3.77. The van der Waals surface area contributed by atoms with E-state index in [-0.39, 0.29) is 5.97 Å². The van der Waals surface area contributed by atoms with Crippen LogP contribution in [0.1, 0.15) is 6.92 Å². The van der Waals surface area contributed by atoms with Crippen molar-refractivity contribution in [1.82, 2.24) is 0 Å². The molecule has 0 atom stereocenters. The Labute approximate surface area is 52.9 Å². The van der Waals surface area contributed by atoms with E-state index in [0.29, 0.717) is 5.94 Å². The van der Waals surface area contributed by atoms with Crippen molar-refractivity contribution in [3.63, 3.8) is 0 Å². The molecule has 46 valence electrons. The lowest BCUT2D eigenvalue weighted by Gasteiger charge is -1.94. The molecule has 0 bridgehead atoms. The molecule has 0 aliphatic carbocycles. The van der Waals surface area contributed by atoms with Gasteiger partial charge < -0.3 is 4.74 Å². The molecule has 0 aromatic heterocycles. The molecule has 0 aromatic rings. The number of ether oxygens (including phenoxy) is 1. The van der Waals surface area contributed by atoms with Gasteiger partial charge in [0.05, 0.1) is 0 Å². The van der Waals surface area contributed by atoms with Gasteiger partial charge in [-0.3, -0.25) is 4.79 Å².